The number of aromatic nitrogens is 3. The molecule has 0 aliphatic heterocycles. The Kier molecular flexibility index (Phi) is 5.77. The fraction of sp³-hybridized carbons (Fsp3) is 0.200. The summed E-state index contributed by atoms with van der Waals surface area (Å²) in [4.78, 5) is 35.8. The van der Waals surface area contributed by atoms with Crippen LogP contribution in [0.2, 0.25) is 0 Å². The number of esters is 1. The Balaban J connectivity index is 1.36. The third-order valence-electron chi connectivity index (χ3n) is 4.22. The van der Waals surface area contributed by atoms with Crippen molar-refractivity contribution in [1.29, 1.82) is 0 Å². The van der Waals surface area contributed by atoms with Crippen LogP contribution >= 0.6 is 23.1 Å². The molecule has 4 rings (SSSR count). The van der Waals surface area contributed by atoms with Gasteiger partial charge in [0.2, 0.25) is 5.91 Å². The van der Waals surface area contributed by atoms with Crippen LogP contribution in [-0.2, 0) is 20.7 Å². The lowest BCUT2D eigenvalue weighted by atomic mass is 10.2. The minimum absolute atomic E-state index is 0.0744. The van der Waals surface area contributed by atoms with Crippen molar-refractivity contribution in [2.24, 2.45) is 0 Å². The van der Waals surface area contributed by atoms with E-state index in [2.05, 4.69) is 25.0 Å². The average Bonchev–Trinajstić information content (AvgIpc) is 3.33. The highest BCUT2D eigenvalue weighted by molar-refractivity contribution is 8.01. The summed E-state index contributed by atoms with van der Waals surface area (Å²) in [5.74, 6) is 0.662. The minimum Gasteiger partial charge on any atom is -0.468 e. The van der Waals surface area contributed by atoms with Crippen molar-refractivity contribution in [3.05, 3.63) is 48.3 Å². The van der Waals surface area contributed by atoms with E-state index >= 15 is 0 Å². The lowest BCUT2D eigenvalue weighted by Gasteiger charge is -2.04. The van der Waals surface area contributed by atoms with Crippen LogP contribution in [0.4, 0.5) is 5.69 Å². The SMILES string of the molecule is COC(=O)CSc1nc2ccc(NC(=O)CCc3nc4ccccc4[nH]3)cc2s1. The van der Waals surface area contributed by atoms with Crippen molar-refractivity contribution < 1.29 is 14.3 Å². The molecule has 0 unspecified atom stereocenters. The molecule has 0 spiro atoms. The first-order valence-corrected chi connectivity index (χ1v) is 10.7. The zero-order chi connectivity index (χ0) is 20.2. The number of H-pyrrole nitrogens is 1. The number of imidazole rings is 1. The molecule has 29 heavy (non-hydrogen) atoms. The topological polar surface area (TPSA) is 97.0 Å². The summed E-state index contributed by atoms with van der Waals surface area (Å²) in [7, 11) is 1.37. The van der Waals surface area contributed by atoms with Gasteiger partial charge in [0.1, 0.15) is 5.82 Å². The van der Waals surface area contributed by atoms with Crippen molar-refractivity contribution in [2.45, 2.75) is 17.2 Å². The molecule has 7 nitrogen and oxygen atoms in total. The molecular weight excluding hydrogens is 408 g/mol. The number of methoxy groups -OCH3 is 1. The number of amides is 1. The summed E-state index contributed by atoms with van der Waals surface area (Å²) in [6.07, 6.45) is 0.873. The number of carbonyl (C=O) groups excluding carboxylic acids is 2. The number of carbonyl (C=O) groups is 2. The van der Waals surface area contributed by atoms with Crippen molar-refractivity contribution in [2.75, 3.05) is 18.2 Å². The molecule has 2 aromatic heterocycles. The first-order chi connectivity index (χ1) is 14.1. The second-order valence-electron chi connectivity index (χ2n) is 6.28. The predicted octanol–water partition coefficient (Wildman–Crippen LogP) is 4.01. The zero-order valence-electron chi connectivity index (χ0n) is 15.6. The molecule has 4 aromatic rings. The summed E-state index contributed by atoms with van der Waals surface area (Å²) < 4.78 is 6.39. The van der Waals surface area contributed by atoms with E-state index < -0.39 is 0 Å². The maximum absolute atomic E-state index is 12.3. The molecule has 0 atom stereocenters. The number of rotatable bonds is 7. The lowest BCUT2D eigenvalue weighted by molar-refractivity contribution is -0.137. The van der Waals surface area contributed by atoms with Crippen molar-refractivity contribution in [3.63, 3.8) is 0 Å². The molecule has 2 N–H and O–H groups in total. The number of thioether (sulfide) groups is 1. The number of hydrogen-bond donors (Lipinski definition) is 2. The van der Waals surface area contributed by atoms with Gasteiger partial charge in [-0.05, 0) is 30.3 Å². The average molecular weight is 427 g/mol. The second-order valence-corrected chi connectivity index (χ2v) is 8.53. The van der Waals surface area contributed by atoms with Crippen LogP contribution in [0, 0.1) is 0 Å². The molecule has 0 saturated carbocycles. The summed E-state index contributed by atoms with van der Waals surface area (Å²) in [6, 6.07) is 13.4. The highest BCUT2D eigenvalue weighted by Gasteiger charge is 2.10. The highest BCUT2D eigenvalue weighted by Crippen LogP contribution is 2.31. The Labute approximate surface area is 174 Å². The molecule has 2 aromatic carbocycles. The van der Waals surface area contributed by atoms with Gasteiger partial charge < -0.3 is 15.0 Å². The number of thiazole rings is 1. The number of aromatic amines is 1. The number of nitrogens with one attached hydrogen (secondary N) is 2. The smallest absolute Gasteiger partial charge is 0.316 e. The van der Waals surface area contributed by atoms with Crippen LogP contribution in [0.5, 0.6) is 0 Å². The number of anilines is 1. The second kappa shape index (κ2) is 8.62. The van der Waals surface area contributed by atoms with Crippen LogP contribution in [0.3, 0.4) is 0 Å². The fourth-order valence-corrected chi connectivity index (χ4v) is 4.74. The van der Waals surface area contributed by atoms with E-state index in [9.17, 15) is 9.59 Å². The van der Waals surface area contributed by atoms with Crippen LogP contribution in [0.25, 0.3) is 21.3 Å². The first-order valence-electron chi connectivity index (χ1n) is 8.94. The third-order valence-corrected chi connectivity index (χ3v) is 6.36. The van der Waals surface area contributed by atoms with Gasteiger partial charge >= 0.3 is 5.97 Å². The van der Waals surface area contributed by atoms with Gasteiger partial charge in [0.25, 0.3) is 0 Å². The molecule has 148 valence electrons. The number of benzene rings is 2. The molecule has 0 bridgehead atoms. The largest absolute Gasteiger partial charge is 0.468 e. The summed E-state index contributed by atoms with van der Waals surface area (Å²) >= 11 is 2.82. The van der Waals surface area contributed by atoms with Crippen LogP contribution < -0.4 is 5.32 Å². The van der Waals surface area contributed by atoms with E-state index in [-0.39, 0.29) is 17.6 Å². The van der Waals surface area contributed by atoms with Crippen molar-refractivity contribution in [3.8, 4) is 0 Å². The maximum atomic E-state index is 12.3. The number of hydrogen-bond acceptors (Lipinski definition) is 7. The van der Waals surface area contributed by atoms with E-state index in [1.165, 1.54) is 30.2 Å². The summed E-state index contributed by atoms with van der Waals surface area (Å²) in [5.41, 5.74) is 3.43. The van der Waals surface area contributed by atoms with E-state index in [4.69, 9.17) is 0 Å². The van der Waals surface area contributed by atoms with Crippen LogP contribution in [0.1, 0.15) is 12.2 Å². The Morgan fingerprint density at radius 1 is 1.17 bits per heavy atom. The highest BCUT2D eigenvalue weighted by atomic mass is 32.2. The Morgan fingerprint density at radius 3 is 2.86 bits per heavy atom. The van der Waals surface area contributed by atoms with Gasteiger partial charge in [0, 0.05) is 18.5 Å². The molecule has 0 fully saturated rings. The molecule has 0 saturated heterocycles. The monoisotopic (exact) mass is 426 g/mol. The number of ether oxygens (including phenoxy) is 1. The normalized spacial score (nSPS) is 11.1. The van der Waals surface area contributed by atoms with Crippen molar-refractivity contribution in [1.82, 2.24) is 15.0 Å². The fourth-order valence-electron chi connectivity index (χ4n) is 2.80. The standard InChI is InChI=1S/C20H18N4O3S2/c1-27-19(26)11-28-20-24-15-7-6-12(10-16(15)29-20)21-18(25)9-8-17-22-13-4-2-3-5-14(13)23-17/h2-7,10H,8-9,11H2,1H3,(H,21,25)(H,22,23). The predicted molar refractivity (Wildman–Crippen MR) is 115 cm³/mol. The Bertz CT molecular complexity index is 1150. The van der Waals surface area contributed by atoms with Gasteiger partial charge in [-0.2, -0.15) is 0 Å². The maximum Gasteiger partial charge on any atom is 0.316 e. The van der Waals surface area contributed by atoms with Gasteiger partial charge in [0.15, 0.2) is 4.34 Å². The lowest BCUT2D eigenvalue weighted by Crippen LogP contribution is -2.12. The first kappa shape index (κ1) is 19.4. The van der Waals surface area contributed by atoms with Crippen LogP contribution in [0.15, 0.2) is 46.8 Å². The van der Waals surface area contributed by atoms with Gasteiger partial charge in [-0.1, -0.05) is 23.9 Å². The molecule has 0 radical (unpaired) electrons. The molecule has 0 aliphatic carbocycles. The number of aryl methyl sites for hydroxylation is 1. The molecular formula is C20H18N4O3S2. The van der Waals surface area contributed by atoms with Gasteiger partial charge in [-0.15, -0.1) is 11.3 Å². The quantitative estimate of drug-likeness (QED) is 0.342. The number of para-hydroxylation sites is 2. The third kappa shape index (κ3) is 4.75. The molecule has 2 heterocycles. The van der Waals surface area contributed by atoms with E-state index in [0.29, 0.717) is 12.8 Å². The zero-order valence-corrected chi connectivity index (χ0v) is 17.2. The van der Waals surface area contributed by atoms with Gasteiger partial charge in [-0.3, -0.25) is 9.59 Å². The minimum atomic E-state index is -0.285. The number of nitrogens with zero attached hydrogens (tertiary/aromatic N) is 2. The van der Waals surface area contributed by atoms with Gasteiger partial charge in [0.05, 0.1) is 34.1 Å². The van der Waals surface area contributed by atoms with E-state index in [0.717, 1.165) is 37.1 Å². The van der Waals surface area contributed by atoms with Gasteiger partial charge in [-0.25, -0.2) is 9.97 Å². The molecule has 1 amide bonds. The van der Waals surface area contributed by atoms with E-state index in [1.807, 2.05) is 42.5 Å². The Morgan fingerprint density at radius 2 is 2.03 bits per heavy atom. The Hall–Kier alpha value is -2.91. The van der Waals surface area contributed by atoms with Crippen LogP contribution in [-0.4, -0.2) is 39.7 Å². The molecule has 0 aliphatic rings. The summed E-state index contributed by atoms with van der Waals surface area (Å²) in [6.45, 7) is 0. The van der Waals surface area contributed by atoms with E-state index in [1.54, 1.807) is 0 Å². The molecule has 9 heteroatoms. The summed E-state index contributed by atoms with van der Waals surface area (Å²) in [5, 5.41) is 2.92. The number of fused-ring (bicyclic) bond motifs is 2. The van der Waals surface area contributed by atoms with Crippen molar-refractivity contribution >= 4 is 61.9 Å².